The van der Waals surface area contributed by atoms with E-state index in [1.165, 1.54) is 48.5 Å². The van der Waals surface area contributed by atoms with Crippen molar-refractivity contribution in [3.05, 3.63) is 64.2 Å². The zero-order valence-electron chi connectivity index (χ0n) is 10.6. The molecule has 0 bridgehead atoms. The van der Waals surface area contributed by atoms with Crippen molar-refractivity contribution in [1.82, 2.24) is 0 Å². The average molecular weight is 303 g/mol. The molecule has 0 aromatic heterocycles. The molecule has 0 aliphatic heterocycles. The van der Waals surface area contributed by atoms with Gasteiger partial charge in [-0.25, -0.2) is 8.42 Å². The van der Waals surface area contributed by atoms with Crippen molar-refractivity contribution in [2.24, 2.45) is 0 Å². The van der Waals surface area contributed by atoms with Crippen LogP contribution in [0.2, 0.25) is 0 Å². The molecule has 21 heavy (non-hydrogen) atoms. The maximum atomic E-state index is 12.1. The number of anilines is 1. The minimum atomic E-state index is -3.80. The molecule has 106 valence electrons. The number of nitriles is 1. The summed E-state index contributed by atoms with van der Waals surface area (Å²) in [6.45, 7) is 0. The summed E-state index contributed by atoms with van der Waals surface area (Å²) in [7, 11) is -3.80. The van der Waals surface area contributed by atoms with E-state index >= 15 is 0 Å². The monoisotopic (exact) mass is 303 g/mol. The Bertz CT molecular complexity index is 806. The first kappa shape index (κ1) is 14.5. The van der Waals surface area contributed by atoms with Gasteiger partial charge >= 0.3 is 0 Å². The number of sulfonamides is 1. The van der Waals surface area contributed by atoms with Crippen molar-refractivity contribution >= 4 is 21.4 Å². The Morgan fingerprint density at radius 3 is 2.10 bits per heavy atom. The molecule has 2 aromatic carbocycles. The molecule has 0 fully saturated rings. The van der Waals surface area contributed by atoms with Crippen LogP contribution < -0.4 is 4.72 Å². The summed E-state index contributed by atoms with van der Waals surface area (Å²) in [5.74, 6) is 0. The Hall–Kier alpha value is -2.92. The van der Waals surface area contributed by atoms with E-state index in [0.717, 1.165) is 0 Å². The highest BCUT2D eigenvalue weighted by Gasteiger charge is 2.14. The Balaban J connectivity index is 2.24. The molecule has 0 saturated heterocycles. The molecule has 0 aliphatic carbocycles. The van der Waals surface area contributed by atoms with Crippen LogP contribution in [-0.2, 0) is 10.0 Å². The second-order valence-corrected chi connectivity index (χ2v) is 5.73. The summed E-state index contributed by atoms with van der Waals surface area (Å²) in [5.41, 5.74) is 0.436. The highest BCUT2D eigenvalue weighted by molar-refractivity contribution is 7.92. The minimum absolute atomic E-state index is 0.000136. The average Bonchev–Trinajstić information content (AvgIpc) is 2.47. The molecule has 7 nitrogen and oxygen atoms in total. The minimum Gasteiger partial charge on any atom is -0.280 e. The van der Waals surface area contributed by atoms with Crippen molar-refractivity contribution in [3.8, 4) is 6.07 Å². The van der Waals surface area contributed by atoms with E-state index in [2.05, 4.69) is 4.72 Å². The van der Waals surface area contributed by atoms with Crippen molar-refractivity contribution in [2.45, 2.75) is 4.90 Å². The standard InChI is InChI=1S/C13H9N3O4S/c14-9-10-1-7-13(8-2-10)21(19,20)15-11-3-5-12(6-4-11)16(17)18/h1-8,15H. The van der Waals surface area contributed by atoms with Gasteiger partial charge in [0.15, 0.2) is 0 Å². The molecule has 1 N–H and O–H groups in total. The van der Waals surface area contributed by atoms with Crippen LogP contribution in [0.25, 0.3) is 0 Å². The number of nitro benzene ring substituents is 1. The zero-order valence-corrected chi connectivity index (χ0v) is 11.4. The third-order valence-electron chi connectivity index (χ3n) is 2.62. The van der Waals surface area contributed by atoms with Gasteiger partial charge < -0.3 is 0 Å². The lowest BCUT2D eigenvalue weighted by atomic mass is 10.2. The number of non-ortho nitro benzene ring substituents is 1. The predicted octanol–water partition coefficient (Wildman–Crippen LogP) is 2.27. The fourth-order valence-electron chi connectivity index (χ4n) is 1.57. The van der Waals surface area contributed by atoms with Gasteiger partial charge in [-0.05, 0) is 36.4 Å². The molecule has 8 heteroatoms. The number of nitrogens with one attached hydrogen (secondary N) is 1. The van der Waals surface area contributed by atoms with Gasteiger partial charge in [0, 0.05) is 17.8 Å². The van der Waals surface area contributed by atoms with E-state index in [-0.39, 0.29) is 16.3 Å². The highest BCUT2D eigenvalue weighted by Crippen LogP contribution is 2.19. The Kier molecular flexibility index (Phi) is 3.86. The summed E-state index contributed by atoms with van der Waals surface area (Å²) < 4.78 is 26.5. The van der Waals surface area contributed by atoms with Crippen molar-refractivity contribution in [1.29, 1.82) is 5.26 Å². The van der Waals surface area contributed by atoms with Gasteiger partial charge in [-0.1, -0.05) is 0 Å². The first-order valence-corrected chi connectivity index (χ1v) is 7.18. The maximum absolute atomic E-state index is 12.1. The lowest BCUT2D eigenvalue weighted by Crippen LogP contribution is -2.12. The smallest absolute Gasteiger partial charge is 0.269 e. The van der Waals surface area contributed by atoms with Crippen molar-refractivity contribution < 1.29 is 13.3 Å². The SMILES string of the molecule is N#Cc1ccc(S(=O)(=O)Nc2ccc([N+](=O)[O-])cc2)cc1. The molecular weight excluding hydrogens is 294 g/mol. The highest BCUT2D eigenvalue weighted by atomic mass is 32.2. The van der Waals surface area contributed by atoms with Crippen LogP contribution >= 0.6 is 0 Å². The van der Waals surface area contributed by atoms with Gasteiger partial charge in [-0.15, -0.1) is 0 Å². The van der Waals surface area contributed by atoms with Crippen LogP contribution in [0.1, 0.15) is 5.56 Å². The van der Waals surface area contributed by atoms with Gasteiger partial charge in [0.05, 0.1) is 21.5 Å². The van der Waals surface area contributed by atoms with E-state index in [9.17, 15) is 18.5 Å². The lowest BCUT2D eigenvalue weighted by Gasteiger charge is -2.07. The number of hydrogen-bond acceptors (Lipinski definition) is 5. The fraction of sp³-hybridized carbons (Fsp3) is 0. The van der Waals surface area contributed by atoms with Crippen LogP contribution in [-0.4, -0.2) is 13.3 Å². The van der Waals surface area contributed by atoms with Crippen LogP contribution in [0, 0.1) is 21.4 Å². The summed E-state index contributed by atoms with van der Waals surface area (Å²) in [5, 5.41) is 19.2. The van der Waals surface area contributed by atoms with Gasteiger partial charge in [0.2, 0.25) is 0 Å². The van der Waals surface area contributed by atoms with Crippen LogP contribution in [0.4, 0.5) is 11.4 Å². The normalized spacial score (nSPS) is 10.6. The first-order valence-electron chi connectivity index (χ1n) is 5.70. The fourth-order valence-corrected chi connectivity index (χ4v) is 2.63. The van der Waals surface area contributed by atoms with Gasteiger partial charge in [-0.2, -0.15) is 5.26 Å². The lowest BCUT2D eigenvalue weighted by molar-refractivity contribution is -0.384. The van der Waals surface area contributed by atoms with E-state index in [0.29, 0.717) is 5.56 Å². The van der Waals surface area contributed by atoms with E-state index in [1.54, 1.807) is 0 Å². The number of benzene rings is 2. The molecule has 0 radical (unpaired) electrons. The van der Waals surface area contributed by atoms with Crippen molar-refractivity contribution in [3.63, 3.8) is 0 Å². The van der Waals surface area contributed by atoms with Crippen LogP contribution in [0.3, 0.4) is 0 Å². The van der Waals surface area contributed by atoms with E-state index in [4.69, 9.17) is 5.26 Å². The molecule has 0 saturated carbocycles. The Labute approximate surface area is 120 Å². The van der Waals surface area contributed by atoms with Gasteiger partial charge in [0.25, 0.3) is 15.7 Å². The first-order chi connectivity index (χ1) is 9.92. The van der Waals surface area contributed by atoms with Gasteiger partial charge in [0.1, 0.15) is 0 Å². The molecule has 0 atom stereocenters. The van der Waals surface area contributed by atoms with E-state index in [1.807, 2.05) is 6.07 Å². The molecule has 0 spiro atoms. The summed E-state index contributed by atoms with van der Waals surface area (Å²) in [6, 6.07) is 12.3. The quantitative estimate of drug-likeness (QED) is 0.687. The summed E-state index contributed by atoms with van der Waals surface area (Å²) in [4.78, 5) is 9.95. The zero-order chi connectivity index (χ0) is 15.5. The molecule has 0 heterocycles. The van der Waals surface area contributed by atoms with Crippen molar-refractivity contribution in [2.75, 3.05) is 4.72 Å². The van der Waals surface area contributed by atoms with E-state index < -0.39 is 14.9 Å². The number of nitrogens with zero attached hydrogens (tertiary/aromatic N) is 2. The third kappa shape index (κ3) is 3.34. The molecule has 2 rings (SSSR count). The van der Waals surface area contributed by atoms with Crippen LogP contribution in [0.15, 0.2) is 53.4 Å². The molecule has 0 aliphatic rings. The molecule has 0 amide bonds. The third-order valence-corrected chi connectivity index (χ3v) is 4.02. The summed E-state index contributed by atoms with van der Waals surface area (Å²) >= 11 is 0. The number of hydrogen-bond donors (Lipinski definition) is 1. The second kappa shape index (κ2) is 5.60. The van der Waals surface area contributed by atoms with Gasteiger partial charge in [-0.3, -0.25) is 14.8 Å². The molecular formula is C13H9N3O4S. The second-order valence-electron chi connectivity index (χ2n) is 4.05. The molecule has 0 unspecified atom stereocenters. The number of rotatable bonds is 4. The predicted molar refractivity (Wildman–Crippen MR) is 75.1 cm³/mol. The van der Waals surface area contributed by atoms with Crippen LogP contribution in [0.5, 0.6) is 0 Å². The topological polar surface area (TPSA) is 113 Å². The maximum Gasteiger partial charge on any atom is 0.269 e. The Morgan fingerprint density at radius 2 is 1.62 bits per heavy atom. The molecule has 2 aromatic rings. The number of nitro groups is 1. The summed E-state index contributed by atoms with van der Waals surface area (Å²) in [6.07, 6.45) is 0. The largest absolute Gasteiger partial charge is 0.280 e. The Morgan fingerprint density at radius 1 is 1.05 bits per heavy atom.